The number of nitrogens with zero attached hydrogens (tertiary/aromatic N) is 3. The maximum atomic E-state index is 12.6. The summed E-state index contributed by atoms with van der Waals surface area (Å²) in [5.74, 6) is 5.11. The molecule has 1 radical (unpaired) electrons. The third-order valence-electron chi connectivity index (χ3n) is 6.28. The third kappa shape index (κ3) is 71.9. The summed E-state index contributed by atoms with van der Waals surface area (Å²) in [6.45, 7) is 39.1. The van der Waals surface area contributed by atoms with E-state index in [1.165, 1.54) is 0 Å². The molecule has 341 valence electrons. The van der Waals surface area contributed by atoms with Crippen LogP contribution in [0.5, 0.6) is 0 Å². The first kappa shape index (κ1) is 69.4. The molecular weight excluding hydrogens is 932 g/mol. The molecule has 19 heteroatoms. The van der Waals surface area contributed by atoms with E-state index in [1.54, 1.807) is 0 Å². The Hall–Kier alpha value is -0.191. The van der Waals surface area contributed by atoms with Crippen molar-refractivity contribution >= 4 is 21.4 Å². The zero-order valence-corrected chi connectivity index (χ0v) is 41.8. The van der Waals surface area contributed by atoms with Crippen molar-refractivity contribution in [3.63, 3.8) is 0 Å². The van der Waals surface area contributed by atoms with Gasteiger partial charge in [-0.1, -0.05) is 125 Å². The Balaban J connectivity index is -0.000000108. The number of hydrogen-bond donors (Lipinski definition) is 0. The molecule has 0 aliphatic heterocycles. The van der Waals surface area contributed by atoms with E-state index >= 15 is 0 Å². The maximum Gasteiger partial charge on any atom is 3.00 e. The molecule has 0 saturated heterocycles. The molecule has 0 aromatic heterocycles. The minimum atomic E-state index is -1.89. The minimum Gasteiger partial charge on any atom is -0.356 e. The number of hydrogen-bond acceptors (Lipinski definition) is 12. The van der Waals surface area contributed by atoms with Crippen molar-refractivity contribution in [1.82, 2.24) is 0 Å². The Morgan fingerprint density at radius 3 is 0.382 bits per heavy atom. The fourth-order valence-electron chi connectivity index (χ4n) is 6.66. The van der Waals surface area contributed by atoms with Gasteiger partial charge in [0.25, 0.3) is 0 Å². The minimum absolute atomic E-state index is 0. The van der Waals surface area contributed by atoms with Crippen LogP contribution in [-0.2, 0) is 13.7 Å². The molecule has 0 saturated carbocycles. The first-order valence-electron chi connectivity index (χ1n) is 19.1. The van der Waals surface area contributed by atoms with Crippen molar-refractivity contribution in [2.45, 2.75) is 125 Å². The van der Waals surface area contributed by atoms with Gasteiger partial charge in [0.05, 0.1) is 36.7 Å². The average molecular weight is 1010 g/mol. The van der Waals surface area contributed by atoms with Crippen molar-refractivity contribution in [3.8, 4) is 0 Å². The molecular formula is C36H81N3O12P3Yb. The van der Waals surface area contributed by atoms with Gasteiger partial charge in [-0.15, -0.1) is 0 Å². The monoisotopic (exact) mass is 1010 g/mol. The maximum absolute atomic E-state index is 12.6. The Labute approximate surface area is 373 Å². The molecule has 0 aromatic rings. The summed E-state index contributed by atoms with van der Waals surface area (Å²) in [4.78, 5) is 24.8. The van der Waals surface area contributed by atoms with Gasteiger partial charge in [0.15, 0.2) is 0 Å². The molecule has 0 bridgehead atoms. The van der Waals surface area contributed by atoms with Crippen molar-refractivity contribution in [2.75, 3.05) is 55.5 Å². The summed E-state index contributed by atoms with van der Waals surface area (Å²) in [5, 5.41) is 44.2. The van der Waals surface area contributed by atoms with Crippen LogP contribution in [0, 0.1) is 146 Å². The Bertz CT molecular complexity index is 860. The molecule has 0 rings (SSSR count). The van der Waals surface area contributed by atoms with Gasteiger partial charge in [-0.25, -0.2) is 0 Å². The summed E-state index contributed by atoms with van der Waals surface area (Å²) >= 11 is 0. The molecule has 0 fully saturated rings. The Morgan fingerprint density at radius 2 is 0.345 bits per heavy atom. The molecule has 0 atom stereocenters. The van der Waals surface area contributed by atoms with Gasteiger partial charge >= 0.3 is 46.9 Å². The fraction of sp³-hybridized carbons (Fsp3) is 1.00. The molecule has 0 aliphatic carbocycles. The predicted octanol–water partition coefficient (Wildman–Crippen LogP) is 12.2. The van der Waals surface area contributed by atoms with Gasteiger partial charge in [0, 0.05) is 55.5 Å². The van der Waals surface area contributed by atoms with Crippen LogP contribution in [-0.4, -0.2) is 70.7 Å². The van der Waals surface area contributed by atoms with Gasteiger partial charge in [-0.3, -0.25) is 0 Å². The first-order chi connectivity index (χ1) is 23.9. The van der Waals surface area contributed by atoms with E-state index in [4.69, 9.17) is 46.0 Å². The second kappa shape index (κ2) is 38.0. The quantitative estimate of drug-likeness (QED) is 0.0706. The van der Waals surface area contributed by atoms with Crippen LogP contribution in [0.3, 0.4) is 0 Å². The van der Waals surface area contributed by atoms with Gasteiger partial charge in [0.2, 0.25) is 0 Å². The van der Waals surface area contributed by atoms with Crippen molar-refractivity contribution in [1.29, 1.82) is 0 Å². The molecule has 55 heavy (non-hydrogen) atoms. The zero-order chi connectivity index (χ0) is 44.8. The van der Waals surface area contributed by atoms with Crippen LogP contribution in [0.15, 0.2) is 0 Å². The van der Waals surface area contributed by atoms with Crippen molar-refractivity contribution in [3.05, 3.63) is 46.0 Å². The zero-order valence-electron chi connectivity index (χ0n) is 37.4. The van der Waals surface area contributed by atoms with Gasteiger partial charge < -0.3 is 59.7 Å². The Kier molecular flexibility index (Phi) is 48.0. The first-order valence-corrected chi connectivity index (χ1v) is 25.9. The third-order valence-corrected chi connectivity index (χ3v) is 18.8. The average Bonchev–Trinajstić information content (AvgIpc) is 2.77. The predicted molar refractivity (Wildman–Crippen MR) is 231 cm³/mol. The van der Waals surface area contributed by atoms with E-state index in [0.717, 1.165) is 55.5 Å². The molecule has 0 amide bonds. The standard InChI is InChI=1S/3C12H27OP.3NO3.Yb/c3*1-10(2)7-14(13,8-11(3)4)9-12(5)6;3*2-1(3)4;/h3*10-12H,7-9H2,1-6H3;;;;/q;;;3*-1;+3. The molecule has 0 aliphatic rings. The molecule has 0 N–H and O–H groups in total. The van der Waals surface area contributed by atoms with Crippen LogP contribution in [0.1, 0.15) is 125 Å². The van der Waals surface area contributed by atoms with E-state index in [1.807, 2.05) is 0 Å². The largest absolute Gasteiger partial charge is 3.00 e. The van der Waals surface area contributed by atoms with E-state index in [9.17, 15) is 13.7 Å². The summed E-state index contributed by atoms with van der Waals surface area (Å²) in [6, 6.07) is 0. The topological polar surface area (TPSA) is 250 Å². The number of rotatable bonds is 18. The molecule has 15 nitrogen and oxygen atoms in total. The summed E-state index contributed by atoms with van der Waals surface area (Å²) in [5.41, 5.74) is 0. The summed E-state index contributed by atoms with van der Waals surface area (Å²) in [6.07, 6.45) is 8.41. The second-order valence-electron chi connectivity index (χ2n) is 18.0. The van der Waals surface area contributed by atoms with Crippen LogP contribution < -0.4 is 0 Å². The normalized spacial score (nSPS) is 11.4. The smallest absolute Gasteiger partial charge is 0.356 e. The van der Waals surface area contributed by atoms with E-state index in [2.05, 4.69) is 125 Å². The van der Waals surface area contributed by atoms with Crippen molar-refractivity contribution < 1.29 is 75.9 Å². The SMILES string of the molecule is CC(C)CP(=O)(CC(C)C)CC(C)C.CC(C)CP(=O)(CC(C)C)CC(C)C.CC(C)CP(=O)(CC(C)C)CC(C)C.O=[N+]([O-])[O-].O=[N+]([O-])[O-].O=[N+]([O-])[O-].[Yb+3]. The van der Waals surface area contributed by atoms with Crippen LogP contribution in [0.25, 0.3) is 0 Å². The van der Waals surface area contributed by atoms with Crippen molar-refractivity contribution in [2.24, 2.45) is 53.3 Å². The van der Waals surface area contributed by atoms with Crippen LogP contribution >= 0.6 is 21.4 Å². The van der Waals surface area contributed by atoms with E-state index in [-0.39, 0.29) is 46.9 Å². The summed E-state index contributed by atoms with van der Waals surface area (Å²) in [7, 11) is -5.66. The van der Waals surface area contributed by atoms with E-state index in [0.29, 0.717) is 53.3 Å². The fourth-order valence-corrected chi connectivity index (χ4v) is 20.0. The van der Waals surface area contributed by atoms with Crippen LogP contribution in [0.2, 0.25) is 0 Å². The van der Waals surface area contributed by atoms with Crippen LogP contribution in [0.4, 0.5) is 0 Å². The molecule has 0 aromatic carbocycles. The van der Waals surface area contributed by atoms with Gasteiger partial charge in [0.1, 0.15) is 0 Å². The molecule has 0 spiro atoms. The second-order valence-corrected chi connectivity index (χ2v) is 27.7. The Morgan fingerprint density at radius 1 is 0.291 bits per heavy atom. The molecule has 0 unspecified atom stereocenters. The van der Waals surface area contributed by atoms with Gasteiger partial charge in [-0.05, 0) is 53.3 Å². The molecule has 0 heterocycles. The van der Waals surface area contributed by atoms with E-state index < -0.39 is 36.7 Å². The van der Waals surface area contributed by atoms with Gasteiger partial charge in [-0.2, -0.15) is 0 Å². The summed E-state index contributed by atoms with van der Waals surface area (Å²) < 4.78 is 37.9.